The summed E-state index contributed by atoms with van der Waals surface area (Å²) >= 11 is 1.84. The van der Waals surface area contributed by atoms with Crippen LogP contribution < -0.4 is 0 Å². The van der Waals surface area contributed by atoms with Gasteiger partial charge in [0.05, 0.1) is 0 Å². The molecule has 102 valence electrons. The minimum Gasteiger partial charge on any atom is -0.307 e. The van der Waals surface area contributed by atoms with Crippen molar-refractivity contribution in [3.05, 3.63) is 5.82 Å². The Morgan fingerprint density at radius 3 is 2.67 bits per heavy atom. The maximum atomic E-state index is 4.23. The first-order valence-electron chi connectivity index (χ1n) is 7.06. The van der Waals surface area contributed by atoms with Gasteiger partial charge in [-0.05, 0) is 52.7 Å². The number of hydrogen-bond acceptors (Lipinski definition) is 4. The van der Waals surface area contributed by atoms with E-state index in [1.54, 1.807) is 0 Å². The second kappa shape index (κ2) is 7.14. The summed E-state index contributed by atoms with van der Waals surface area (Å²) in [6.07, 6.45) is 5.44. The van der Waals surface area contributed by atoms with Gasteiger partial charge >= 0.3 is 0 Å². The van der Waals surface area contributed by atoms with Crippen LogP contribution in [0.15, 0.2) is 5.16 Å². The molecule has 0 radical (unpaired) electrons. The van der Waals surface area contributed by atoms with Crippen molar-refractivity contribution in [2.75, 3.05) is 25.4 Å². The smallest absolute Gasteiger partial charge is 0.191 e. The molecular formula is C13H24N4S. The lowest BCUT2D eigenvalue weighted by Crippen LogP contribution is -2.30. The summed E-state index contributed by atoms with van der Waals surface area (Å²) in [7, 11) is 0. The van der Waals surface area contributed by atoms with Crippen LogP contribution in [-0.4, -0.2) is 45.1 Å². The lowest BCUT2D eigenvalue weighted by Gasteiger charge is -2.26. The van der Waals surface area contributed by atoms with Crippen LogP contribution in [0.5, 0.6) is 0 Å². The summed E-state index contributed by atoms with van der Waals surface area (Å²) in [4.78, 5) is 2.60. The molecule has 0 saturated carbocycles. The number of aromatic nitrogens is 3. The quantitative estimate of drug-likeness (QED) is 0.586. The van der Waals surface area contributed by atoms with Crippen LogP contribution in [0, 0.1) is 6.92 Å². The molecule has 1 saturated heterocycles. The molecule has 0 aliphatic carbocycles. The van der Waals surface area contributed by atoms with Gasteiger partial charge in [0.1, 0.15) is 5.82 Å². The number of piperidine rings is 1. The van der Waals surface area contributed by atoms with Crippen molar-refractivity contribution in [2.24, 2.45) is 0 Å². The van der Waals surface area contributed by atoms with Gasteiger partial charge in [0.25, 0.3) is 0 Å². The van der Waals surface area contributed by atoms with E-state index in [0.29, 0.717) is 0 Å². The van der Waals surface area contributed by atoms with Gasteiger partial charge in [0, 0.05) is 12.3 Å². The SMILES string of the molecule is CCn1c(C)nnc1SCCCN1CCCCC1. The lowest BCUT2D eigenvalue weighted by molar-refractivity contribution is 0.230. The van der Waals surface area contributed by atoms with Crippen LogP contribution in [0.1, 0.15) is 38.4 Å². The molecule has 4 nitrogen and oxygen atoms in total. The van der Waals surface area contributed by atoms with E-state index in [0.717, 1.165) is 23.3 Å². The molecule has 0 aromatic carbocycles. The molecule has 2 heterocycles. The predicted molar refractivity (Wildman–Crippen MR) is 76.1 cm³/mol. The topological polar surface area (TPSA) is 34.0 Å². The third kappa shape index (κ3) is 3.72. The van der Waals surface area contributed by atoms with Crippen LogP contribution in [0.3, 0.4) is 0 Å². The number of likely N-dealkylation sites (tertiary alicyclic amines) is 1. The number of rotatable bonds is 6. The normalized spacial score (nSPS) is 17.2. The summed E-state index contributed by atoms with van der Waals surface area (Å²) in [5.74, 6) is 2.17. The second-order valence-electron chi connectivity index (χ2n) is 4.88. The lowest BCUT2D eigenvalue weighted by atomic mass is 10.1. The highest BCUT2D eigenvalue weighted by atomic mass is 32.2. The molecule has 0 atom stereocenters. The largest absolute Gasteiger partial charge is 0.307 e. The maximum Gasteiger partial charge on any atom is 0.191 e. The van der Waals surface area contributed by atoms with E-state index >= 15 is 0 Å². The first-order chi connectivity index (χ1) is 8.81. The Morgan fingerprint density at radius 2 is 1.94 bits per heavy atom. The minimum absolute atomic E-state index is 0.966. The second-order valence-corrected chi connectivity index (χ2v) is 5.94. The fourth-order valence-electron chi connectivity index (χ4n) is 2.47. The van der Waals surface area contributed by atoms with Gasteiger partial charge in [-0.2, -0.15) is 0 Å². The highest BCUT2D eigenvalue weighted by Gasteiger charge is 2.10. The van der Waals surface area contributed by atoms with Crippen molar-refractivity contribution < 1.29 is 0 Å². The van der Waals surface area contributed by atoms with Crippen LogP contribution in [-0.2, 0) is 6.54 Å². The van der Waals surface area contributed by atoms with Crippen LogP contribution >= 0.6 is 11.8 Å². The Balaban J connectivity index is 1.68. The van der Waals surface area contributed by atoms with Gasteiger partial charge in [0.2, 0.25) is 0 Å². The van der Waals surface area contributed by atoms with E-state index in [-0.39, 0.29) is 0 Å². The highest BCUT2D eigenvalue weighted by molar-refractivity contribution is 7.99. The Labute approximate surface area is 114 Å². The third-order valence-corrected chi connectivity index (χ3v) is 4.57. The van der Waals surface area contributed by atoms with Crippen molar-refractivity contribution in [3.63, 3.8) is 0 Å². The molecule has 0 unspecified atom stereocenters. The maximum absolute atomic E-state index is 4.23. The molecule has 0 bridgehead atoms. The molecule has 1 aliphatic rings. The summed E-state index contributed by atoms with van der Waals surface area (Å²) in [6, 6.07) is 0. The molecule has 1 aliphatic heterocycles. The Kier molecular flexibility index (Phi) is 5.50. The van der Waals surface area contributed by atoms with Crippen molar-refractivity contribution >= 4 is 11.8 Å². The Hall–Kier alpha value is -0.550. The van der Waals surface area contributed by atoms with E-state index in [9.17, 15) is 0 Å². The summed E-state index contributed by atoms with van der Waals surface area (Å²) in [5, 5.41) is 9.45. The summed E-state index contributed by atoms with van der Waals surface area (Å²) in [5.41, 5.74) is 0. The minimum atomic E-state index is 0.966. The number of aryl methyl sites for hydroxylation is 1. The highest BCUT2D eigenvalue weighted by Crippen LogP contribution is 2.18. The molecule has 0 amide bonds. The third-order valence-electron chi connectivity index (χ3n) is 3.52. The number of hydrogen-bond donors (Lipinski definition) is 0. The van der Waals surface area contributed by atoms with Crippen molar-refractivity contribution in [3.8, 4) is 0 Å². The van der Waals surface area contributed by atoms with E-state index in [1.807, 2.05) is 18.7 Å². The molecule has 1 aromatic heterocycles. The average molecular weight is 268 g/mol. The fraction of sp³-hybridized carbons (Fsp3) is 0.846. The van der Waals surface area contributed by atoms with Crippen molar-refractivity contribution in [1.82, 2.24) is 19.7 Å². The van der Waals surface area contributed by atoms with E-state index in [2.05, 4.69) is 26.6 Å². The number of nitrogens with zero attached hydrogens (tertiary/aromatic N) is 4. The summed E-state index contributed by atoms with van der Waals surface area (Å²) < 4.78 is 2.19. The first-order valence-corrected chi connectivity index (χ1v) is 8.04. The van der Waals surface area contributed by atoms with Gasteiger partial charge in [-0.3, -0.25) is 0 Å². The molecule has 0 spiro atoms. The zero-order chi connectivity index (χ0) is 12.8. The Morgan fingerprint density at radius 1 is 1.17 bits per heavy atom. The van der Waals surface area contributed by atoms with E-state index in [1.165, 1.54) is 45.3 Å². The fourth-order valence-corrected chi connectivity index (χ4v) is 3.44. The molecular weight excluding hydrogens is 244 g/mol. The summed E-state index contributed by atoms with van der Waals surface area (Å²) in [6.45, 7) is 8.98. The van der Waals surface area contributed by atoms with Gasteiger partial charge in [-0.15, -0.1) is 10.2 Å². The standard InChI is InChI=1S/C13H24N4S/c1-3-17-12(2)14-15-13(17)18-11-7-10-16-8-5-4-6-9-16/h3-11H2,1-2H3. The molecule has 0 N–H and O–H groups in total. The average Bonchev–Trinajstić information content (AvgIpc) is 2.76. The molecule has 5 heteroatoms. The van der Waals surface area contributed by atoms with E-state index in [4.69, 9.17) is 0 Å². The Bertz CT molecular complexity index is 358. The monoisotopic (exact) mass is 268 g/mol. The predicted octanol–water partition coefficient (Wildman–Crippen LogP) is 2.57. The number of thioether (sulfide) groups is 1. The zero-order valence-electron chi connectivity index (χ0n) is 11.6. The first kappa shape index (κ1) is 13.9. The van der Waals surface area contributed by atoms with Gasteiger partial charge in [-0.1, -0.05) is 18.2 Å². The van der Waals surface area contributed by atoms with E-state index < -0.39 is 0 Å². The zero-order valence-corrected chi connectivity index (χ0v) is 12.4. The van der Waals surface area contributed by atoms with Gasteiger partial charge in [0.15, 0.2) is 5.16 Å². The van der Waals surface area contributed by atoms with Crippen LogP contribution in [0.4, 0.5) is 0 Å². The van der Waals surface area contributed by atoms with Crippen LogP contribution in [0.25, 0.3) is 0 Å². The molecule has 1 aromatic rings. The van der Waals surface area contributed by atoms with Gasteiger partial charge in [-0.25, -0.2) is 0 Å². The van der Waals surface area contributed by atoms with Crippen molar-refractivity contribution in [1.29, 1.82) is 0 Å². The molecule has 2 rings (SSSR count). The molecule has 1 fully saturated rings. The van der Waals surface area contributed by atoms with Gasteiger partial charge < -0.3 is 9.47 Å². The van der Waals surface area contributed by atoms with Crippen molar-refractivity contribution in [2.45, 2.75) is 51.2 Å². The molecule has 18 heavy (non-hydrogen) atoms. The van der Waals surface area contributed by atoms with Crippen LogP contribution in [0.2, 0.25) is 0 Å².